The van der Waals surface area contributed by atoms with Gasteiger partial charge in [0.25, 0.3) is 0 Å². The van der Waals surface area contributed by atoms with Gasteiger partial charge in [-0.1, -0.05) is 268 Å². The van der Waals surface area contributed by atoms with E-state index in [1.54, 1.807) is 12.1 Å². The number of hydrogen-bond donors (Lipinski definition) is 0. The molecule has 0 spiro atoms. The van der Waals surface area contributed by atoms with Crippen molar-refractivity contribution in [1.82, 2.24) is 34.3 Å². The summed E-state index contributed by atoms with van der Waals surface area (Å²) in [6.07, 6.45) is 15.6. The van der Waals surface area contributed by atoms with Crippen LogP contribution in [0.5, 0.6) is 0 Å². The van der Waals surface area contributed by atoms with Gasteiger partial charge in [-0.05, 0) is 405 Å². The van der Waals surface area contributed by atoms with Gasteiger partial charge >= 0.3 is 0 Å². The minimum atomic E-state index is -0.179. The fourth-order valence-electron chi connectivity index (χ4n) is 23.1. The SMILES string of the molecule is [C-]#[N+]CC1(C(C)(C)C)CCN(Cc2ccc(Br)cc2)CC1.[C-]#[N+]CC1(C(C)(C)C)CCN(Cc2ccc(F)cc2)CC1.[C-]#[N+]CC1(C(C)(C)C)CCN(Cc2ccc(I)cc2)CC1.[C-]#[N+]CC1(C(C)(C)C)CCN(Cc2cccc(Br)c2)CC1.[C-]#[N+]CC1(C(C)(C)C)CCN(Cc2cccc(F)c2)CC1.[C-]#[N+]CC1(C(C)(C)C)CCN(Cc2cccc(I)c2)CC1.[C-]#[N+]CC1(C(C)(C)C)CCN(Cc2ccccc2I)CC1. The first-order valence-electron chi connectivity index (χ1n) is 53.6. The zero-order chi connectivity index (χ0) is 109. The Morgan fingerprint density at radius 3 is 0.721 bits per heavy atom. The third-order valence-electron chi connectivity index (χ3n) is 35.7. The Labute approximate surface area is 948 Å². The molecule has 21 heteroatoms. The first-order valence-corrected chi connectivity index (χ1v) is 58.5. The molecule has 0 aromatic heterocycles. The zero-order valence-electron chi connectivity index (χ0n) is 93.3. The number of piperidine rings is 7. The molecule has 7 aliphatic rings. The van der Waals surface area contributed by atoms with Gasteiger partial charge in [0, 0.05) is 103 Å². The molecule has 0 atom stereocenters. The quantitative estimate of drug-likeness (QED) is 0.0525. The molecule has 7 heterocycles. The minimum Gasteiger partial charge on any atom is -0.316 e. The smallest absolute Gasteiger partial charge is 0.220 e. The van der Waals surface area contributed by atoms with Crippen LogP contribution in [0.4, 0.5) is 8.78 Å². The van der Waals surface area contributed by atoms with Crippen LogP contribution < -0.4 is 0 Å². The maximum atomic E-state index is 13.2. The summed E-state index contributed by atoms with van der Waals surface area (Å²) in [6, 6.07) is 57.0. The summed E-state index contributed by atoms with van der Waals surface area (Å²) in [5, 5.41) is 0. The summed E-state index contributed by atoms with van der Waals surface area (Å²) >= 11 is 14.2. The Bertz CT molecular complexity index is 5030. The van der Waals surface area contributed by atoms with Crippen molar-refractivity contribution in [2.75, 3.05) is 137 Å². The van der Waals surface area contributed by atoms with Crippen LogP contribution in [0.3, 0.4) is 0 Å². The average molecular weight is 2460 g/mol. The van der Waals surface area contributed by atoms with Gasteiger partial charge in [-0.2, -0.15) is 0 Å². The Morgan fingerprint density at radius 2 is 0.469 bits per heavy atom. The van der Waals surface area contributed by atoms with Crippen molar-refractivity contribution in [3.63, 3.8) is 0 Å². The molecule has 0 saturated carbocycles. The van der Waals surface area contributed by atoms with Gasteiger partial charge in [0.15, 0.2) is 0 Å². The molecule has 0 unspecified atom stereocenters. The number of hydrogen-bond acceptors (Lipinski definition) is 7. The average Bonchev–Trinajstić information content (AvgIpc) is 0.811. The van der Waals surface area contributed by atoms with E-state index in [1.807, 2.05) is 18.2 Å². The highest BCUT2D eigenvalue weighted by Crippen LogP contribution is 2.55. The molecule has 798 valence electrons. The second-order valence-corrected chi connectivity index (χ2v) is 56.2. The van der Waals surface area contributed by atoms with Crippen molar-refractivity contribution in [2.45, 2.75) is 281 Å². The van der Waals surface area contributed by atoms with Crippen LogP contribution in [0, 0.1) is 144 Å². The monoisotopic (exact) mass is 2460 g/mol. The topological polar surface area (TPSA) is 53.2 Å². The molecular formula is C126H175Br2F2I3N14. The largest absolute Gasteiger partial charge is 0.316 e. The van der Waals surface area contributed by atoms with Crippen molar-refractivity contribution < 1.29 is 8.78 Å². The van der Waals surface area contributed by atoms with Crippen molar-refractivity contribution in [1.29, 1.82) is 0 Å². The van der Waals surface area contributed by atoms with E-state index in [4.69, 9.17) is 46.0 Å². The third-order valence-corrected chi connectivity index (χ3v) is 39.2. The van der Waals surface area contributed by atoms with Crippen molar-refractivity contribution in [3.8, 4) is 0 Å². The third kappa shape index (κ3) is 37.0. The first-order chi connectivity index (χ1) is 69.0. The molecule has 0 N–H and O–H groups in total. The lowest BCUT2D eigenvalue weighted by Crippen LogP contribution is -2.48. The van der Waals surface area contributed by atoms with Gasteiger partial charge in [-0.25, -0.2) is 54.8 Å². The fourth-order valence-corrected chi connectivity index (χ4v) is 25.4. The number of nitrogens with zero attached hydrogens (tertiary/aromatic N) is 14. The van der Waals surface area contributed by atoms with Crippen molar-refractivity contribution in [3.05, 3.63) is 320 Å². The summed E-state index contributed by atoms with van der Waals surface area (Å²) < 4.78 is 32.4. The summed E-state index contributed by atoms with van der Waals surface area (Å²) in [5.41, 5.74) is 11.7. The van der Waals surface area contributed by atoms with Crippen LogP contribution in [-0.2, 0) is 45.8 Å². The van der Waals surface area contributed by atoms with E-state index in [2.05, 4.69) is 435 Å². The van der Waals surface area contributed by atoms with Gasteiger partial charge < -0.3 is 33.9 Å². The first kappa shape index (κ1) is 126. The van der Waals surface area contributed by atoms with E-state index in [9.17, 15) is 8.78 Å². The Kier molecular flexibility index (Phi) is 48.6. The van der Waals surface area contributed by atoms with E-state index in [0.717, 1.165) is 247 Å². The molecule has 0 aliphatic carbocycles. The Morgan fingerprint density at radius 1 is 0.238 bits per heavy atom. The molecule has 7 aromatic carbocycles. The highest BCUT2D eigenvalue weighted by molar-refractivity contribution is 14.1. The Balaban J connectivity index is 0.000000209. The Hall–Kier alpha value is -6.30. The van der Waals surface area contributed by atoms with Gasteiger partial charge in [0.1, 0.15) is 11.6 Å². The van der Waals surface area contributed by atoms with Crippen LogP contribution in [0.1, 0.15) is 274 Å². The van der Waals surface area contributed by atoms with Crippen LogP contribution in [-0.4, -0.2) is 172 Å². The highest BCUT2D eigenvalue weighted by atomic mass is 127. The summed E-state index contributed by atoms with van der Waals surface area (Å²) in [7, 11) is 0. The van der Waals surface area contributed by atoms with Crippen molar-refractivity contribution >= 4 is 99.6 Å². The van der Waals surface area contributed by atoms with Crippen LogP contribution in [0.15, 0.2) is 179 Å². The summed E-state index contributed by atoms with van der Waals surface area (Å²) in [6.45, 7) is 126. The standard InChI is InChI=1S/2C18H25BrN2.2C18H25FN2.3C18H25IN2/c1-17(2,3)18(14-20-4)9-11-21(12-10-18)13-15-5-7-16(19)8-6-15;1-17(2,3)18(14-20-4)8-10-21(11-9-18)13-15-6-5-7-16(19)12-15;1-17(2,3)18(14-20-4)9-11-21(12-10-18)13-15-5-7-16(19)8-6-15;1-17(2,3)18(14-20-4)8-10-21(11-9-18)13-15-6-5-7-16(19)12-15;1-17(2,3)18(14-20-4)9-11-21(12-10-18)13-15-5-7-16(19)8-6-15;1-17(2,3)18(14-20-4)8-10-21(11-9-18)13-15-6-5-7-16(19)12-15;1-17(2,3)18(14-20-4)9-11-21(12-10-18)13-15-7-5-6-8-16(15)19/h5-8H,9-14H2,1-3H3;5-7,12H,8-11,13-14H2,1-3H3;5-8H,9-14H2,1-3H3;5-7,12H,8-11,13-14H2,1-3H3;5-8H,9-14H2,1-3H3;5-7,12H,8-11,13-14H2,1-3H3;5-8H,9-14H2,1-3H3. The predicted octanol–water partition coefficient (Wildman–Crippen LogP) is 33.3. The van der Waals surface area contributed by atoms with E-state index in [1.165, 1.54) is 56.7 Å². The molecule has 0 bridgehead atoms. The van der Waals surface area contributed by atoms with Gasteiger partial charge in [-0.15, -0.1) is 0 Å². The number of halogens is 7. The molecule has 7 fully saturated rings. The number of likely N-dealkylation sites (tertiary alicyclic amines) is 7. The lowest BCUT2D eigenvalue weighted by atomic mass is 9.61. The highest BCUT2D eigenvalue weighted by Gasteiger charge is 2.54. The molecular weight excluding hydrogens is 2290 g/mol. The second kappa shape index (κ2) is 56.7. The molecule has 7 saturated heterocycles. The molecule has 14 rings (SSSR count). The predicted molar refractivity (Wildman–Crippen MR) is 644 cm³/mol. The molecule has 7 aromatic rings. The van der Waals surface area contributed by atoms with Crippen LogP contribution in [0.25, 0.3) is 33.9 Å². The van der Waals surface area contributed by atoms with E-state index < -0.39 is 0 Å². The normalized spacial score (nSPS) is 19.2. The number of rotatable bonds is 21. The lowest BCUT2D eigenvalue weighted by molar-refractivity contribution is 0.0172. The molecule has 7 aliphatic heterocycles. The van der Waals surface area contributed by atoms with Gasteiger partial charge in [-0.3, -0.25) is 34.3 Å². The summed E-state index contributed by atoms with van der Waals surface area (Å²) in [4.78, 5) is 43.6. The van der Waals surface area contributed by atoms with Crippen LogP contribution >= 0.6 is 99.6 Å². The maximum Gasteiger partial charge on any atom is 0.220 e. The minimum absolute atomic E-state index is 0.118. The second-order valence-electron chi connectivity index (χ2n) is 50.7. The molecule has 147 heavy (non-hydrogen) atoms. The van der Waals surface area contributed by atoms with E-state index >= 15 is 0 Å². The van der Waals surface area contributed by atoms with Gasteiger partial charge in [0.2, 0.25) is 45.8 Å². The van der Waals surface area contributed by atoms with Gasteiger partial charge in [0.05, 0.1) is 0 Å². The summed E-state index contributed by atoms with van der Waals surface area (Å²) in [5.74, 6) is -0.345. The van der Waals surface area contributed by atoms with E-state index in [-0.39, 0.29) is 87.4 Å². The maximum absolute atomic E-state index is 13.2. The molecule has 14 nitrogen and oxygen atoms in total. The molecule has 0 amide bonds. The zero-order valence-corrected chi connectivity index (χ0v) is 103. The van der Waals surface area contributed by atoms with Crippen molar-refractivity contribution in [2.24, 2.45) is 75.8 Å². The van der Waals surface area contributed by atoms with E-state index in [0.29, 0.717) is 45.8 Å². The fraction of sp³-hybridized carbons (Fsp3) is 0.611. The number of benzene rings is 7. The molecule has 0 radical (unpaired) electrons. The lowest BCUT2D eigenvalue weighted by Gasteiger charge is -2.46. The van der Waals surface area contributed by atoms with Crippen LogP contribution in [0.2, 0.25) is 0 Å².